The lowest BCUT2D eigenvalue weighted by atomic mass is 9.75. The monoisotopic (exact) mass is 322 g/mol. The van der Waals surface area contributed by atoms with E-state index < -0.39 is 0 Å². The van der Waals surface area contributed by atoms with Gasteiger partial charge in [-0.05, 0) is 23.8 Å². The minimum atomic E-state index is -0.0430. The summed E-state index contributed by atoms with van der Waals surface area (Å²) in [6.07, 6.45) is 2.53. The highest BCUT2D eigenvalue weighted by atomic mass is 79.9. The summed E-state index contributed by atoms with van der Waals surface area (Å²) in [4.78, 5) is 0. The number of nitrogens with zero attached hydrogens (tertiary/aromatic N) is 3. The van der Waals surface area contributed by atoms with Gasteiger partial charge in [0.15, 0.2) is 0 Å². The van der Waals surface area contributed by atoms with Crippen LogP contribution in [0.2, 0.25) is 0 Å². The van der Waals surface area contributed by atoms with Crippen molar-refractivity contribution >= 4 is 21.6 Å². The quantitative estimate of drug-likeness (QED) is 0.873. The zero-order chi connectivity index (χ0) is 13.5. The number of nitrogen functional groups attached to an aromatic ring is 1. The van der Waals surface area contributed by atoms with Gasteiger partial charge in [0, 0.05) is 29.0 Å². The van der Waals surface area contributed by atoms with E-state index in [4.69, 9.17) is 10.5 Å². The molecule has 1 aliphatic rings. The number of nitrogens with two attached hydrogens (primary N) is 1. The predicted molar refractivity (Wildman–Crippen MR) is 75.8 cm³/mol. The summed E-state index contributed by atoms with van der Waals surface area (Å²) in [6.45, 7) is 1.38. The summed E-state index contributed by atoms with van der Waals surface area (Å²) in [5.74, 6) is 0.960. The van der Waals surface area contributed by atoms with Crippen LogP contribution in [0.25, 0.3) is 0 Å². The average molecular weight is 323 g/mol. The van der Waals surface area contributed by atoms with Gasteiger partial charge in [0.1, 0.15) is 12.2 Å². The molecule has 2 aromatic rings. The molecule has 19 heavy (non-hydrogen) atoms. The van der Waals surface area contributed by atoms with Crippen LogP contribution in [0.1, 0.15) is 11.4 Å². The molecule has 2 N–H and O–H groups in total. The first kappa shape index (κ1) is 12.6. The Morgan fingerprint density at radius 1 is 1.42 bits per heavy atom. The molecule has 0 bridgehead atoms. The molecular formula is C13H15BrN4O. The SMILES string of the molecule is Cn1cnnc1CC1(c2cc(N)cc(Br)c2)COC1. The fourth-order valence-corrected chi connectivity index (χ4v) is 2.92. The number of hydrogen-bond acceptors (Lipinski definition) is 4. The molecule has 2 heterocycles. The van der Waals surface area contributed by atoms with E-state index in [0.29, 0.717) is 13.2 Å². The number of benzene rings is 1. The lowest BCUT2D eigenvalue weighted by Gasteiger charge is -2.42. The largest absolute Gasteiger partial charge is 0.399 e. The molecule has 1 aromatic carbocycles. The van der Waals surface area contributed by atoms with Crippen molar-refractivity contribution in [1.29, 1.82) is 0 Å². The highest BCUT2D eigenvalue weighted by molar-refractivity contribution is 9.10. The van der Waals surface area contributed by atoms with Gasteiger partial charge in [0.25, 0.3) is 0 Å². The molecule has 0 unspecified atom stereocenters. The van der Waals surface area contributed by atoms with Crippen molar-refractivity contribution in [1.82, 2.24) is 14.8 Å². The molecule has 5 nitrogen and oxygen atoms in total. The smallest absolute Gasteiger partial charge is 0.133 e. The maximum atomic E-state index is 5.93. The van der Waals surface area contributed by atoms with Crippen LogP contribution in [0.15, 0.2) is 29.0 Å². The topological polar surface area (TPSA) is 66.0 Å². The van der Waals surface area contributed by atoms with Crippen LogP contribution in [0.4, 0.5) is 5.69 Å². The van der Waals surface area contributed by atoms with Crippen LogP contribution in [0, 0.1) is 0 Å². The molecular weight excluding hydrogens is 308 g/mol. The Kier molecular flexibility index (Phi) is 3.06. The molecule has 0 saturated carbocycles. The Balaban J connectivity index is 1.97. The maximum Gasteiger partial charge on any atom is 0.133 e. The molecule has 1 aromatic heterocycles. The van der Waals surface area contributed by atoms with Crippen molar-refractivity contribution in [3.8, 4) is 0 Å². The van der Waals surface area contributed by atoms with E-state index in [0.717, 1.165) is 22.4 Å². The highest BCUT2D eigenvalue weighted by Gasteiger charge is 2.41. The van der Waals surface area contributed by atoms with Crippen LogP contribution in [0.3, 0.4) is 0 Å². The van der Waals surface area contributed by atoms with E-state index in [1.54, 1.807) is 6.33 Å². The third-order valence-electron chi connectivity index (χ3n) is 3.59. The van der Waals surface area contributed by atoms with Gasteiger partial charge in [-0.1, -0.05) is 15.9 Å². The summed E-state index contributed by atoms with van der Waals surface area (Å²) in [5.41, 5.74) is 7.84. The first-order valence-corrected chi connectivity index (χ1v) is 6.86. The van der Waals surface area contributed by atoms with E-state index in [1.165, 1.54) is 5.56 Å². The van der Waals surface area contributed by atoms with E-state index in [2.05, 4.69) is 32.2 Å². The van der Waals surface area contributed by atoms with Crippen molar-refractivity contribution < 1.29 is 4.74 Å². The summed E-state index contributed by atoms with van der Waals surface area (Å²) >= 11 is 3.50. The van der Waals surface area contributed by atoms with Crippen molar-refractivity contribution in [2.75, 3.05) is 18.9 Å². The minimum Gasteiger partial charge on any atom is -0.399 e. The third-order valence-corrected chi connectivity index (χ3v) is 4.05. The van der Waals surface area contributed by atoms with Gasteiger partial charge in [-0.15, -0.1) is 10.2 Å². The molecule has 0 radical (unpaired) electrons. The summed E-state index contributed by atoms with van der Waals surface area (Å²) in [5, 5.41) is 8.10. The Morgan fingerprint density at radius 2 is 2.21 bits per heavy atom. The van der Waals surface area contributed by atoms with Gasteiger partial charge in [-0.2, -0.15) is 0 Å². The van der Waals surface area contributed by atoms with Gasteiger partial charge < -0.3 is 15.0 Å². The van der Waals surface area contributed by atoms with Crippen molar-refractivity contribution in [2.24, 2.45) is 7.05 Å². The molecule has 6 heteroatoms. The van der Waals surface area contributed by atoms with Gasteiger partial charge in [0.2, 0.25) is 0 Å². The number of aromatic nitrogens is 3. The van der Waals surface area contributed by atoms with Crippen molar-refractivity contribution in [2.45, 2.75) is 11.8 Å². The second kappa shape index (κ2) is 4.61. The molecule has 3 rings (SSSR count). The van der Waals surface area contributed by atoms with Gasteiger partial charge >= 0.3 is 0 Å². The number of anilines is 1. The molecule has 0 spiro atoms. The number of halogens is 1. The maximum absolute atomic E-state index is 5.93. The van der Waals surface area contributed by atoms with Crippen molar-refractivity contribution in [3.63, 3.8) is 0 Å². The predicted octanol–water partition coefficient (Wildman–Crippen LogP) is 1.67. The molecule has 0 aliphatic carbocycles. The van der Waals surface area contributed by atoms with Gasteiger partial charge in [-0.3, -0.25) is 0 Å². The molecule has 0 amide bonds. The third kappa shape index (κ3) is 2.26. The van der Waals surface area contributed by atoms with Crippen LogP contribution in [0.5, 0.6) is 0 Å². The Labute approximate surface area is 119 Å². The van der Waals surface area contributed by atoms with E-state index in [-0.39, 0.29) is 5.41 Å². The van der Waals surface area contributed by atoms with E-state index >= 15 is 0 Å². The lowest BCUT2D eigenvalue weighted by molar-refractivity contribution is -0.0611. The second-order valence-electron chi connectivity index (χ2n) is 5.08. The van der Waals surface area contributed by atoms with Crippen LogP contribution in [-0.2, 0) is 23.6 Å². The molecule has 0 atom stereocenters. The number of hydrogen-bond donors (Lipinski definition) is 1. The first-order valence-electron chi connectivity index (χ1n) is 6.06. The minimum absolute atomic E-state index is 0.0430. The number of rotatable bonds is 3. The van der Waals surface area contributed by atoms with Crippen molar-refractivity contribution in [3.05, 3.63) is 40.4 Å². The number of ether oxygens (including phenoxy) is 1. The van der Waals surface area contributed by atoms with E-state index in [1.807, 2.05) is 23.7 Å². The zero-order valence-corrected chi connectivity index (χ0v) is 12.2. The fraction of sp³-hybridized carbons (Fsp3) is 0.385. The fourth-order valence-electron chi connectivity index (χ4n) is 2.41. The normalized spacial score (nSPS) is 17.2. The first-order chi connectivity index (χ1) is 9.09. The van der Waals surface area contributed by atoms with Gasteiger partial charge in [0.05, 0.1) is 13.2 Å². The number of aryl methyl sites for hydroxylation is 1. The summed E-state index contributed by atoms with van der Waals surface area (Å²) in [7, 11) is 1.96. The lowest BCUT2D eigenvalue weighted by Crippen LogP contribution is -2.49. The average Bonchev–Trinajstić information content (AvgIpc) is 2.68. The summed E-state index contributed by atoms with van der Waals surface area (Å²) in [6, 6.07) is 6.03. The summed E-state index contributed by atoms with van der Waals surface area (Å²) < 4.78 is 8.39. The van der Waals surface area contributed by atoms with Gasteiger partial charge in [-0.25, -0.2) is 0 Å². The Morgan fingerprint density at radius 3 is 2.74 bits per heavy atom. The molecule has 1 aliphatic heterocycles. The standard InChI is InChI=1S/C13H15BrN4O/c1-18-8-16-17-12(18)5-13(6-19-7-13)9-2-10(14)4-11(15)3-9/h2-4,8H,5-7,15H2,1H3. The molecule has 1 saturated heterocycles. The molecule has 1 fully saturated rings. The van der Waals surface area contributed by atoms with Crippen LogP contribution >= 0.6 is 15.9 Å². The highest BCUT2D eigenvalue weighted by Crippen LogP contribution is 2.37. The second-order valence-corrected chi connectivity index (χ2v) is 6.00. The Bertz CT molecular complexity index is 586. The molecule has 100 valence electrons. The van der Waals surface area contributed by atoms with Crippen LogP contribution in [-0.4, -0.2) is 28.0 Å². The Hall–Kier alpha value is -1.40. The van der Waals surface area contributed by atoms with Crippen LogP contribution < -0.4 is 5.73 Å². The van der Waals surface area contributed by atoms with E-state index in [9.17, 15) is 0 Å². The zero-order valence-electron chi connectivity index (χ0n) is 10.6.